The van der Waals surface area contributed by atoms with Crippen LogP contribution in [-0.2, 0) is 9.59 Å². The highest BCUT2D eigenvalue weighted by molar-refractivity contribution is 5.88. The monoisotopic (exact) mass is 339 g/mol. The van der Waals surface area contributed by atoms with Gasteiger partial charge >= 0.3 is 0 Å². The molecule has 2 rings (SSSR count). The van der Waals surface area contributed by atoms with Crippen LogP contribution in [-0.4, -0.2) is 30.9 Å². The molecule has 0 aromatic heterocycles. The molecule has 1 heterocycles. The number of rotatable bonds is 6. The molecule has 0 aliphatic carbocycles. The molecule has 2 amide bonds. The number of benzene rings is 1. The second-order valence-corrected chi connectivity index (χ2v) is 6.21. The molecule has 0 bridgehead atoms. The number of halogens is 1. The van der Waals surface area contributed by atoms with E-state index in [2.05, 4.69) is 16.0 Å². The van der Waals surface area contributed by atoms with Crippen molar-refractivity contribution in [3.05, 3.63) is 35.9 Å². The predicted molar refractivity (Wildman–Crippen MR) is 93.4 cm³/mol. The standard InChI is InChI=1S/C17H25N3O2.ClH/c1-12(2)10-15(21)20-16(13-6-4-3-5-7-13)17(22)19-14-8-9-18-11-14;/h3-7,12,14,16,18H,8-11H2,1-2H3,(H,19,22)(H,20,21);1H. The van der Waals surface area contributed by atoms with Crippen LogP contribution in [0.25, 0.3) is 0 Å². The van der Waals surface area contributed by atoms with Crippen molar-refractivity contribution in [2.45, 2.75) is 38.8 Å². The summed E-state index contributed by atoms with van der Waals surface area (Å²) in [5, 5.41) is 9.11. The number of hydrogen-bond donors (Lipinski definition) is 3. The molecular weight excluding hydrogens is 314 g/mol. The van der Waals surface area contributed by atoms with Crippen molar-refractivity contribution in [3.8, 4) is 0 Å². The number of carbonyl (C=O) groups is 2. The fourth-order valence-electron chi connectivity index (χ4n) is 2.60. The van der Waals surface area contributed by atoms with Gasteiger partial charge in [-0.05, 0) is 24.4 Å². The molecule has 0 saturated carbocycles. The van der Waals surface area contributed by atoms with Gasteiger partial charge in [0.2, 0.25) is 11.8 Å². The molecule has 3 N–H and O–H groups in total. The summed E-state index contributed by atoms with van der Waals surface area (Å²) in [6.07, 6.45) is 1.34. The molecule has 23 heavy (non-hydrogen) atoms. The van der Waals surface area contributed by atoms with E-state index >= 15 is 0 Å². The topological polar surface area (TPSA) is 70.2 Å². The van der Waals surface area contributed by atoms with E-state index in [1.54, 1.807) is 0 Å². The van der Waals surface area contributed by atoms with Gasteiger partial charge in [-0.3, -0.25) is 9.59 Å². The van der Waals surface area contributed by atoms with Crippen LogP contribution in [0.1, 0.15) is 38.3 Å². The number of carbonyl (C=O) groups excluding carboxylic acids is 2. The minimum absolute atomic E-state index is 0. The summed E-state index contributed by atoms with van der Waals surface area (Å²) in [6.45, 7) is 5.68. The molecule has 128 valence electrons. The van der Waals surface area contributed by atoms with E-state index in [0.717, 1.165) is 25.1 Å². The Morgan fingerprint density at radius 2 is 1.96 bits per heavy atom. The van der Waals surface area contributed by atoms with Crippen molar-refractivity contribution in [2.75, 3.05) is 13.1 Å². The Morgan fingerprint density at radius 1 is 1.26 bits per heavy atom. The number of nitrogens with one attached hydrogen (secondary N) is 3. The molecule has 1 aliphatic heterocycles. The van der Waals surface area contributed by atoms with Gasteiger partial charge in [0.15, 0.2) is 0 Å². The van der Waals surface area contributed by atoms with Crippen molar-refractivity contribution in [1.82, 2.24) is 16.0 Å². The van der Waals surface area contributed by atoms with Crippen LogP contribution in [0.2, 0.25) is 0 Å². The average Bonchev–Trinajstić information content (AvgIpc) is 2.97. The van der Waals surface area contributed by atoms with Crippen LogP contribution < -0.4 is 16.0 Å². The predicted octanol–water partition coefficient (Wildman–Crippen LogP) is 1.79. The lowest BCUT2D eigenvalue weighted by Gasteiger charge is -2.21. The van der Waals surface area contributed by atoms with Crippen LogP contribution >= 0.6 is 12.4 Å². The van der Waals surface area contributed by atoms with E-state index in [-0.39, 0.29) is 36.2 Å². The highest BCUT2D eigenvalue weighted by Crippen LogP contribution is 2.15. The number of amides is 2. The van der Waals surface area contributed by atoms with Crippen LogP contribution in [0.4, 0.5) is 0 Å². The van der Waals surface area contributed by atoms with Gasteiger partial charge in [0.1, 0.15) is 6.04 Å². The second kappa shape index (κ2) is 9.53. The summed E-state index contributed by atoms with van der Waals surface area (Å²) in [5.41, 5.74) is 0.808. The highest BCUT2D eigenvalue weighted by atomic mass is 35.5. The third-order valence-corrected chi connectivity index (χ3v) is 3.70. The first-order valence-electron chi connectivity index (χ1n) is 7.91. The van der Waals surface area contributed by atoms with E-state index in [4.69, 9.17) is 0 Å². The van der Waals surface area contributed by atoms with Crippen LogP contribution in [0.5, 0.6) is 0 Å². The Labute approximate surface area is 144 Å². The molecule has 1 saturated heterocycles. The maximum atomic E-state index is 12.6. The molecule has 5 nitrogen and oxygen atoms in total. The maximum absolute atomic E-state index is 12.6. The second-order valence-electron chi connectivity index (χ2n) is 6.21. The summed E-state index contributed by atoms with van der Waals surface area (Å²) in [4.78, 5) is 24.6. The van der Waals surface area contributed by atoms with Crippen molar-refractivity contribution in [1.29, 1.82) is 0 Å². The summed E-state index contributed by atoms with van der Waals surface area (Å²) in [5.74, 6) is 0.0269. The lowest BCUT2D eigenvalue weighted by Crippen LogP contribution is -2.45. The van der Waals surface area contributed by atoms with Gasteiger partial charge < -0.3 is 16.0 Å². The fourth-order valence-corrected chi connectivity index (χ4v) is 2.60. The Kier molecular flexibility index (Phi) is 8.06. The van der Waals surface area contributed by atoms with E-state index in [1.807, 2.05) is 44.2 Å². The van der Waals surface area contributed by atoms with Crippen LogP contribution in [0.3, 0.4) is 0 Å². The van der Waals surface area contributed by atoms with Gasteiger partial charge in [-0.15, -0.1) is 12.4 Å². The van der Waals surface area contributed by atoms with Crippen molar-refractivity contribution in [2.24, 2.45) is 5.92 Å². The quantitative estimate of drug-likeness (QED) is 0.740. The first kappa shape index (κ1) is 19.5. The van der Waals surface area contributed by atoms with Crippen molar-refractivity contribution in [3.63, 3.8) is 0 Å². The first-order chi connectivity index (χ1) is 10.6. The third kappa shape index (κ3) is 6.20. The van der Waals surface area contributed by atoms with Crippen LogP contribution in [0, 0.1) is 5.92 Å². The van der Waals surface area contributed by atoms with E-state index in [1.165, 1.54) is 0 Å². The minimum Gasteiger partial charge on any atom is -0.350 e. The Morgan fingerprint density at radius 3 is 2.52 bits per heavy atom. The third-order valence-electron chi connectivity index (χ3n) is 3.70. The van der Waals surface area contributed by atoms with Crippen molar-refractivity contribution < 1.29 is 9.59 Å². The molecule has 2 atom stereocenters. The molecule has 6 heteroatoms. The fraction of sp³-hybridized carbons (Fsp3) is 0.529. The SMILES string of the molecule is CC(C)CC(=O)NC(C(=O)NC1CCNC1)c1ccccc1.Cl. The zero-order valence-electron chi connectivity index (χ0n) is 13.7. The Hall–Kier alpha value is -1.59. The molecule has 1 aromatic rings. The van der Waals surface area contributed by atoms with E-state index < -0.39 is 6.04 Å². The summed E-state index contributed by atoms with van der Waals surface area (Å²) in [6, 6.07) is 8.89. The van der Waals surface area contributed by atoms with Crippen LogP contribution in [0.15, 0.2) is 30.3 Å². The van der Waals surface area contributed by atoms with Crippen molar-refractivity contribution >= 4 is 24.2 Å². The highest BCUT2D eigenvalue weighted by Gasteiger charge is 2.26. The van der Waals surface area contributed by atoms with Gasteiger partial charge in [-0.25, -0.2) is 0 Å². The lowest BCUT2D eigenvalue weighted by atomic mass is 10.0. The van der Waals surface area contributed by atoms with Gasteiger partial charge in [0.05, 0.1) is 0 Å². The molecular formula is C17H26ClN3O2. The van der Waals surface area contributed by atoms with Gasteiger partial charge in [0, 0.05) is 19.0 Å². The zero-order chi connectivity index (χ0) is 15.9. The Bertz CT molecular complexity index is 502. The van der Waals surface area contributed by atoms with E-state index in [0.29, 0.717) is 6.42 Å². The number of hydrogen-bond acceptors (Lipinski definition) is 3. The molecule has 2 unspecified atom stereocenters. The summed E-state index contributed by atoms with van der Waals surface area (Å²) >= 11 is 0. The molecule has 1 aromatic carbocycles. The summed E-state index contributed by atoms with van der Waals surface area (Å²) < 4.78 is 0. The Balaban J connectivity index is 0.00000264. The molecule has 1 fully saturated rings. The average molecular weight is 340 g/mol. The maximum Gasteiger partial charge on any atom is 0.247 e. The molecule has 0 spiro atoms. The van der Waals surface area contributed by atoms with Gasteiger partial charge in [0.25, 0.3) is 0 Å². The largest absolute Gasteiger partial charge is 0.350 e. The smallest absolute Gasteiger partial charge is 0.247 e. The van der Waals surface area contributed by atoms with E-state index in [9.17, 15) is 9.59 Å². The minimum atomic E-state index is -0.631. The molecule has 1 aliphatic rings. The van der Waals surface area contributed by atoms with Gasteiger partial charge in [-0.1, -0.05) is 44.2 Å². The lowest BCUT2D eigenvalue weighted by molar-refractivity contribution is -0.129. The summed E-state index contributed by atoms with van der Waals surface area (Å²) in [7, 11) is 0. The normalized spacial score (nSPS) is 18.1. The zero-order valence-corrected chi connectivity index (χ0v) is 14.5. The molecule has 0 radical (unpaired) electrons. The van der Waals surface area contributed by atoms with Gasteiger partial charge in [-0.2, -0.15) is 0 Å². The first-order valence-corrected chi connectivity index (χ1v) is 7.91.